The molecule has 0 aliphatic heterocycles. The first-order valence-electron chi connectivity index (χ1n) is 6.49. The lowest BCUT2D eigenvalue weighted by Gasteiger charge is -2.16. The molecule has 0 spiro atoms. The normalized spacial score (nSPS) is 12.8. The minimum absolute atomic E-state index is 0.0331. The van der Waals surface area contributed by atoms with E-state index < -0.39 is 0 Å². The molecule has 1 rings (SSSR count). The summed E-state index contributed by atoms with van der Waals surface area (Å²) in [6.07, 6.45) is 7.86. The third-order valence-corrected chi connectivity index (χ3v) is 3.37. The summed E-state index contributed by atoms with van der Waals surface area (Å²) in [5.41, 5.74) is 6.77. The summed E-state index contributed by atoms with van der Waals surface area (Å²) in [5.74, 6) is 3.01. The zero-order valence-electron chi connectivity index (χ0n) is 11.5. The maximum atomic E-state index is 6.15. The zero-order chi connectivity index (χ0) is 15.0. The second-order valence-electron chi connectivity index (χ2n) is 4.46. The van der Waals surface area contributed by atoms with Crippen LogP contribution >= 0.6 is 23.2 Å². The summed E-state index contributed by atoms with van der Waals surface area (Å²) in [6, 6.07) is 5.36. The number of terminal acetylenes is 1. The standard InChI is InChI=1S/C15H19Cl2N3/c1-3-4-5-6-9-19-15(18)20-11(2)13-8-7-12(16)10-14(13)17/h1,7-8,10-11H,4-6,9H2,2H3,(H3,18,19,20). The SMILES string of the molecule is C#CCCCCN=C(N)NC(C)c1ccc(Cl)cc1Cl. The lowest BCUT2D eigenvalue weighted by molar-refractivity contribution is 0.701. The highest BCUT2D eigenvalue weighted by Gasteiger charge is 2.10. The van der Waals surface area contributed by atoms with Crippen molar-refractivity contribution in [3.8, 4) is 12.3 Å². The third kappa shape index (κ3) is 5.73. The van der Waals surface area contributed by atoms with Gasteiger partial charge in [0.25, 0.3) is 0 Å². The van der Waals surface area contributed by atoms with Crippen LogP contribution in [0.2, 0.25) is 10.0 Å². The second kappa shape index (κ2) is 8.73. The highest BCUT2D eigenvalue weighted by atomic mass is 35.5. The topological polar surface area (TPSA) is 50.4 Å². The number of benzene rings is 1. The molecule has 1 aromatic rings. The van der Waals surface area contributed by atoms with Gasteiger partial charge in [-0.3, -0.25) is 4.99 Å². The van der Waals surface area contributed by atoms with Gasteiger partial charge in [0, 0.05) is 23.0 Å². The Morgan fingerprint density at radius 3 is 2.85 bits per heavy atom. The summed E-state index contributed by atoms with van der Waals surface area (Å²) < 4.78 is 0. The Kier molecular flexibility index (Phi) is 7.28. The third-order valence-electron chi connectivity index (χ3n) is 2.80. The zero-order valence-corrected chi connectivity index (χ0v) is 13.0. The molecular formula is C15H19Cl2N3. The molecule has 3 nitrogen and oxygen atoms in total. The molecule has 0 saturated heterocycles. The molecule has 0 heterocycles. The van der Waals surface area contributed by atoms with Crippen molar-refractivity contribution in [3.63, 3.8) is 0 Å². The van der Waals surface area contributed by atoms with Gasteiger partial charge in [-0.25, -0.2) is 0 Å². The quantitative estimate of drug-likeness (QED) is 0.364. The summed E-state index contributed by atoms with van der Waals surface area (Å²) in [4.78, 5) is 4.25. The van der Waals surface area contributed by atoms with Gasteiger partial charge in [0.05, 0.1) is 6.04 Å². The molecule has 1 unspecified atom stereocenters. The van der Waals surface area contributed by atoms with Crippen molar-refractivity contribution in [2.75, 3.05) is 6.54 Å². The second-order valence-corrected chi connectivity index (χ2v) is 5.30. The van der Waals surface area contributed by atoms with Gasteiger partial charge in [0.2, 0.25) is 0 Å². The predicted octanol–water partition coefficient (Wildman–Crippen LogP) is 3.76. The smallest absolute Gasteiger partial charge is 0.189 e. The maximum absolute atomic E-state index is 6.15. The summed E-state index contributed by atoms with van der Waals surface area (Å²) in [7, 11) is 0. The number of unbranched alkanes of at least 4 members (excludes halogenated alkanes) is 2. The van der Waals surface area contributed by atoms with E-state index in [1.54, 1.807) is 12.1 Å². The van der Waals surface area contributed by atoms with Crippen molar-refractivity contribution in [2.24, 2.45) is 10.7 Å². The van der Waals surface area contributed by atoms with Crippen molar-refractivity contribution in [2.45, 2.75) is 32.2 Å². The van der Waals surface area contributed by atoms with E-state index in [4.69, 9.17) is 35.4 Å². The van der Waals surface area contributed by atoms with E-state index in [-0.39, 0.29) is 6.04 Å². The lowest BCUT2D eigenvalue weighted by Crippen LogP contribution is -2.34. The molecule has 3 N–H and O–H groups in total. The van der Waals surface area contributed by atoms with E-state index in [0.29, 0.717) is 22.5 Å². The van der Waals surface area contributed by atoms with Crippen LogP contribution in [0.25, 0.3) is 0 Å². The number of nitrogens with one attached hydrogen (secondary N) is 1. The monoisotopic (exact) mass is 311 g/mol. The molecule has 0 aromatic heterocycles. The van der Waals surface area contributed by atoms with Crippen molar-refractivity contribution < 1.29 is 0 Å². The number of rotatable bonds is 6. The number of aliphatic imine (C=N–C) groups is 1. The Balaban J connectivity index is 2.50. The lowest BCUT2D eigenvalue weighted by atomic mass is 10.1. The Labute approximate surface area is 130 Å². The number of nitrogens with zero attached hydrogens (tertiary/aromatic N) is 1. The molecule has 1 atom stereocenters. The fourth-order valence-electron chi connectivity index (χ4n) is 1.74. The van der Waals surface area contributed by atoms with Gasteiger partial charge in [-0.05, 0) is 37.5 Å². The van der Waals surface area contributed by atoms with Crippen LogP contribution in [0.15, 0.2) is 23.2 Å². The largest absolute Gasteiger partial charge is 0.370 e. The van der Waals surface area contributed by atoms with E-state index in [2.05, 4.69) is 16.2 Å². The first-order valence-corrected chi connectivity index (χ1v) is 7.25. The Hall–Kier alpha value is -1.37. The van der Waals surface area contributed by atoms with Crippen molar-refractivity contribution in [1.29, 1.82) is 0 Å². The van der Waals surface area contributed by atoms with Crippen molar-refractivity contribution >= 4 is 29.2 Å². The van der Waals surface area contributed by atoms with Crippen LogP contribution in [0, 0.1) is 12.3 Å². The van der Waals surface area contributed by atoms with Crippen LogP contribution in [0.4, 0.5) is 0 Å². The minimum Gasteiger partial charge on any atom is -0.370 e. The molecule has 1 aromatic carbocycles. The van der Waals surface area contributed by atoms with Gasteiger partial charge >= 0.3 is 0 Å². The van der Waals surface area contributed by atoms with Gasteiger partial charge in [-0.2, -0.15) is 0 Å². The fourth-order valence-corrected chi connectivity index (χ4v) is 2.31. The molecule has 20 heavy (non-hydrogen) atoms. The van der Waals surface area contributed by atoms with E-state index in [9.17, 15) is 0 Å². The molecular weight excluding hydrogens is 293 g/mol. The molecule has 0 amide bonds. The predicted molar refractivity (Wildman–Crippen MR) is 87.2 cm³/mol. The number of hydrogen-bond acceptors (Lipinski definition) is 1. The van der Waals surface area contributed by atoms with Gasteiger partial charge < -0.3 is 11.1 Å². The van der Waals surface area contributed by atoms with Crippen LogP contribution in [-0.4, -0.2) is 12.5 Å². The number of halogens is 2. The van der Waals surface area contributed by atoms with E-state index in [0.717, 1.165) is 24.8 Å². The van der Waals surface area contributed by atoms with Gasteiger partial charge in [-0.15, -0.1) is 12.3 Å². The Bertz CT molecular complexity index is 506. The molecule has 0 bridgehead atoms. The summed E-state index contributed by atoms with van der Waals surface area (Å²) >= 11 is 12.0. The Morgan fingerprint density at radius 1 is 1.45 bits per heavy atom. The number of hydrogen-bond donors (Lipinski definition) is 2. The first kappa shape index (κ1) is 16.7. The number of nitrogens with two attached hydrogens (primary N) is 1. The van der Waals surface area contributed by atoms with Crippen LogP contribution in [0.3, 0.4) is 0 Å². The average Bonchev–Trinajstić information content (AvgIpc) is 2.38. The summed E-state index contributed by atoms with van der Waals surface area (Å²) in [6.45, 7) is 2.64. The maximum Gasteiger partial charge on any atom is 0.189 e. The molecule has 0 fully saturated rings. The van der Waals surface area contributed by atoms with Gasteiger partial charge in [0.15, 0.2) is 5.96 Å². The van der Waals surface area contributed by atoms with E-state index in [1.807, 2.05) is 13.0 Å². The highest BCUT2D eigenvalue weighted by Crippen LogP contribution is 2.25. The Morgan fingerprint density at radius 2 is 2.20 bits per heavy atom. The first-order chi connectivity index (χ1) is 9.54. The molecule has 5 heteroatoms. The highest BCUT2D eigenvalue weighted by molar-refractivity contribution is 6.35. The summed E-state index contributed by atoms with van der Waals surface area (Å²) in [5, 5.41) is 4.33. The number of guanidine groups is 1. The van der Waals surface area contributed by atoms with Crippen LogP contribution in [0.1, 0.15) is 37.8 Å². The molecule has 0 radical (unpaired) electrons. The van der Waals surface area contributed by atoms with Gasteiger partial charge in [-0.1, -0.05) is 29.3 Å². The average molecular weight is 312 g/mol. The molecule has 0 saturated carbocycles. The molecule has 108 valence electrons. The van der Waals surface area contributed by atoms with E-state index >= 15 is 0 Å². The van der Waals surface area contributed by atoms with Gasteiger partial charge in [0.1, 0.15) is 0 Å². The molecule has 0 aliphatic carbocycles. The minimum atomic E-state index is -0.0331. The van der Waals surface area contributed by atoms with Crippen LogP contribution in [0.5, 0.6) is 0 Å². The van der Waals surface area contributed by atoms with E-state index in [1.165, 1.54) is 0 Å². The van der Waals surface area contributed by atoms with Crippen molar-refractivity contribution in [3.05, 3.63) is 33.8 Å². The van der Waals surface area contributed by atoms with Crippen LogP contribution in [-0.2, 0) is 0 Å². The molecule has 0 aliphatic rings. The van der Waals surface area contributed by atoms with Crippen LogP contribution < -0.4 is 11.1 Å². The fraction of sp³-hybridized carbons (Fsp3) is 0.400. The van der Waals surface area contributed by atoms with Crippen molar-refractivity contribution in [1.82, 2.24) is 5.32 Å².